The average molecular weight is 286 g/mol. The number of hydrogen-bond acceptors (Lipinski definition) is 0. The highest BCUT2D eigenvalue weighted by Crippen LogP contribution is 2.40. The van der Waals surface area contributed by atoms with Gasteiger partial charge in [-0.2, -0.15) is 0 Å². The molecule has 0 N–H and O–H groups in total. The minimum atomic E-state index is 0.990. The van der Waals surface area contributed by atoms with Crippen molar-refractivity contribution < 1.29 is 0 Å². The third-order valence-corrected chi connectivity index (χ3v) is 4.41. The molecule has 0 saturated carbocycles. The maximum Gasteiger partial charge on any atom is -0.00642 e. The van der Waals surface area contributed by atoms with Crippen LogP contribution in [0.4, 0.5) is 0 Å². The molecule has 0 unspecified atom stereocenters. The molecule has 0 spiro atoms. The van der Waals surface area contributed by atoms with Crippen LogP contribution in [0.1, 0.15) is 42.5 Å². The lowest BCUT2D eigenvalue weighted by atomic mass is 9.88. The molecular formula is C22H22. The molecule has 0 nitrogen and oxygen atoms in total. The third-order valence-electron chi connectivity index (χ3n) is 4.41. The van der Waals surface area contributed by atoms with Crippen molar-refractivity contribution >= 4 is 17.7 Å². The fourth-order valence-corrected chi connectivity index (χ4v) is 3.37. The quantitative estimate of drug-likeness (QED) is 0.614. The van der Waals surface area contributed by atoms with E-state index in [0.717, 1.165) is 12.8 Å². The van der Waals surface area contributed by atoms with Crippen LogP contribution < -0.4 is 0 Å². The molecular weight excluding hydrogens is 264 g/mol. The summed E-state index contributed by atoms with van der Waals surface area (Å²) < 4.78 is 0. The van der Waals surface area contributed by atoms with E-state index in [0.29, 0.717) is 0 Å². The van der Waals surface area contributed by atoms with Gasteiger partial charge in [0.1, 0.15) is 0 Å². The lowest BCUT2D eigenvalue weighted by Crippen LogP contribution is -1.95. The zero-order valence-corrected chi connectivity index (χ0v) is 13.4. The van der Waals surface area contributed by atoms with E-state index in [1.807, 2.05) is 6.08 Å². The first kappa shape index (κ1) is 14.6. The number of benzene rings is 2. The lowest BCUT2D eigenvalue weighted by molar-refractivity contribution is 1.21. The molecule has 0 heteroatoms. The second-order valence-corrected chi connectivity index (χ2v) is 5.64. The molecule has 0 fully saturated rings. The summed E-state index contributed by atoms with van der Waals surface area (Å²) in [7, 11) is 0. The summed E-state index contributed by atoms with van der Waals surface area (Å²) >= 11 is 0. The Balaban J connectivity index is 2.36. The van der Waals surface area contributed by atoms with Crippen LogP contribution >= 0.6 is 0 Å². The van der Waals surface area contributed by atoms with E-state index >= 15 is 0 Å². The molecule has 1 aliphatic carbocycles. The topological polar surface area (TPSA) is 0 Å². The smallest absolute Gasteiger partial charge is 0.00642 e. The predicted molar refractivity (Wildman–Crippen MR) is 98.6 cm³/mol. The molecule has 3 rings (SSSR count). The molecule has 1 aliphatic rings. The van der Waals surface area contributed by atoms with E-state index in [4.69, 9.17) is 0 Å². The van der Waals surface area contributed by atoms with Crippen molar-refractivity contribution in [3.63, 3.8) is 0 Å². The lowest BCUT2D eigenvalue weighted by Gasteiger charge is -2.16. The third kappa shape index (κ3) is 2.35. The van der Waals surface area contributed by atoms with Crippen LogP contribution in [0.5, 0.6) is 0 Å². The van der Waals surface area contributed by atoms with Crippen molar-refractivity contribution in [2.24, 2.45) is 0 Å². The fourth-order valence-electron chi connectivity index (χ4n) is 3.37. The Hall–Kier alpha value is -2.34. The maximum absolute atomic E-state index is 4.07. The largest absolute Gasteiger partial charge is 0.0984 e. The Kier molecular flexibility index (Phi) is 4.11. The highest BCUT2D eigenvalue weighted by atomic mass is 14.2. The van der Waals surface area contributed by atoms with Crippen LogP contribution in [0.25, 0.3) is 28.9 Å². The van der Waals surface area contributed by atoms with E-state index in [-0.39, 0.29) is 0 Å². The Morgan fingerprint density at radius 1 is 1.09 bits per heavy atom. The predicted octanol–water partition coefficient (Wildman–Crippen LogP) is 6.38. The molecule has 0 radical (unpaired) electrons. The van der Waals surface area contributed by atoms with Gasteiger partial charge in [-0.1, -0.05) is 74.2 Å². The van der Waals surface area contributed by atoms with Crippen molar-refractivity contribution in [3.05, 3.63) is 77.4 Å². The van der Waals surface area contributed by atoms with E-state index in [1.165, 1.54) is 39.0 Å². The Bertz CT molecular complexity index is 773. The minimum Gasteiger partial charge on any atom is -0.0984 e. The zero-order valence-electron chi connectivity index (χ0n) is 13.4. The summed E-state index contributed by atoms with van der Waals surface area (Å²) in [5.41, 5.74) is 9.36. The van der Waals surface area contributed by atoms with Crippen LogP contribution in [0, 0.1) is 0 Å². The van der Waals surface area contributed by atoms with Crippen LogP contribution in [-0.4, -0.2) is 0 Å². The average Bonchev–Trinajstić information content (AvgIpc) is 2.72. The molecule has 2 aromatic rings. The maximum atomic E-state index is 4.07. The molecule has 2 aromatic carbocycles. The van der Waals surface area contributed by atoms with Gasteiger partial charge >= 0.3 is 0 Å². The summed E-state index contributed by atoms with van der Waals surface area (Å²) in [5.74, 6) is 0. The normalized spacial score (nSPS) is 13.3. The van der Waals surface area contributed by atoms with Gasteiger partial charge in [0.15, 0.2) is 0 Å². The Labute approximate surface area is 133 Å². The van der Waals surface area contributed by atoms with Gasteiger partial charge in [-0.3, -0.25) is 0 Å². The monoisotopic (exact) mass is 286 g/mol. The van der Waals surface area contributed by atoms with Gasteiger partial charge in [-0.05, 0) is 58.7 Å². The van der Waals surface area contributed by atoms with Gasteiger partial charge in [-0.25, -0.2) is 0 Å². The van der Waals surface area contributed by atoms with Crippen LogP contribution in [-0.2, 0) is 6.42 Å². The van der Waals surface area contributed by atoms with Gasteiger partial charge in [0.2, 0.25) is 0 Å². The molecule has 110 valence electrons. The minimum absolute atomic E-state index is 0.990. The number of hydrogen-bond donors (Lipinski definition) is 0. The van der Waals surface area contributed by atoms with E-state index in [2.05, 4.69) is 75.1 Å². The second-order valence-electron chi connectivity index (χ2n) is 5.64. The number of allylic oxidation sites excluding steroid dienone is 3. The van der Waals surface area contributed by atoms with Gasteiger partial charge in [-0.15, -0.1) is 0 Å². The van der Waals surface area contributed by atoms with E-state index in [1.54, 1.807) is 0 Å². The zero-order chi connectivity index (χ0) is 15.5. The van der Waals surface area contributed by atoms with Gasteiger partial charge < -0.3 is 0 Å². The number of fused-ring (bicyclic) bond motifs is 3. The van der Waals surface area contributed by atoms with Gasteiger partial charge in [0.05, 0.1) is 0 Å². The molecule has 22 heavy (non-hydrogen) atoms. The van der Waals surface area contributed by atoms with Crippen molar-refractivity contribution in [1.29, 1.82) is 0 Å². The Morgan fingerprint density at radius 2 is 1.86 bits per heavy atom. The Morgan fingerprint density at radius 3 is 2.55 bits per heavy atom. The first-order valence-corrected chi connectivity index (χ1v) is 8.00. The van der Waals surface area contributed by atoms with Crippen LogP contribution in [0.15, 0.2) is 55.1 Å². The highest BCUT2D eigenvalue weighted by molar-refractivity contribution is 5.91. The molecule has 0 bridgehead atoms. The first-order chi connectivity index (χ1) is 10.8. The second kappa shape index (κ2) is 6.19. The van der Waals surface area contributed by atoms with Crippen molar-refractivity contribution in [3.8, 4) is 11.1 Å². The molecule has 0 saturated heterocycles. The molecule has 0 aromatic heterocycles. The highest BCUT2D eigenvalue weighted by Gasteiger charge is 2.18. The fraction of sp³-hybridized carbons (Fsp3) is 0.182. The van der Waals surface area contributed by atoms with Gasteiger partial charge in [0.25, 0.3) is 0 Å². The van der Waals surface area contributed by atoms with E-state index in [9.17, 15) is 0 Å². The van der Waals surface area contributed by atoms with E-state index < -0.39 is 0 Å². The van der Waals surface area contributed by atoms with Crippen molar-refractivity contribution in [2.75, 3.05) is 0 Å². The molecule has 0 aliphatic heterocycles. The number of rotatable bonds is 3. The SMILES string of the molecule is C=Cc1c(/C=C\C)ccc2c1-c1ccccc1C(CC)=CC2. The van der Waals surface area contributed by atoms with Gasteiger partial charge in [0, 0.05) is 0 Å². The van der Waals surface area contributed by atoms with Crippen molar-refractivity contribution in [2.45, 2.75) is 26.7 Å². The van der Waals surface area contributed by atoms with Crippen LogP contribution in [0.2, 0.25) is 0 Å². The summed E-state index contributed by atoms with van der Waals surface area (Å²) in [5, 5.41) is 0. The summed E-state index contributed by atoms with van der Waals surface area (Å²) in [6.45, 7) is 8.37. The standard InChI is InChI=1S/C22H22/c1-4-9-17-13-15-18-14-12-16(5-2)20-10-7-8-11-21(20)22(18)19(17)6-3/h4,6-13,15H,3,5,14H2,1-2H3/b9-4-. The summed E-state index contributed by atoms with van der Waals surface area (Å²) in [6, 6.07) is 13.2. The molecule has 0 heterocycles. The summed E-state index contributed by atoms with van der Waals surface area (Å²) in [6.07, 6.45) is 10.7. The van der Waals surface area contributed by atoms with Crippen LogP contribution in [0.3, 0.4) is 0 Å². The van der Waals surface area contributed by atoms with Crippen molar-refractivity contribution in [1.82, 2.24) is 0 Å². The summed E-state index contributed by atoms with van der Waals surface area (Å²) in [4.78, 5) is 0. The molecule has 0 atom stereocenters. The first-order valence-electron chi connectivity index (χ1n) is 8.00. The molecule has 0 amide bonds.